The number of nitrogens with zero attached hydrogens (tertiary/aromatic N) is 5. The van der Waals surface area contributed by atoms with E-state index in [1.54, 1.807) is 24.3 Å². The number of ether oxygens (including phenoxy) is 1. The first-order valence-corrected chi connectivity index (χ1v) is 11.7. The van der Waals surface area contributed by atoms with Crippen LogP contribution in [0.25, 0.3) is 22.0 Å². The van der Waals surface area contributed by atoms with Gasteiger partial charge in [0.1, 0.15) is 5.82 Å². The summed E-state index contributed by atoms with van der Waals surface area (Å²) in [4.78, 5) is 41.6. The highest BCUT2D eigenvalue weighted by Gasteiger charge is 2.29. The number of hydrogen-bond donors (Lipinski definition) is 1. The smallest absolute Gasteiger partial charge is 0.409 e. The van der Waals surface area contributed by atoms with Crippen LogP contribution in [0.3, 0.4) is 0 Å². The number of amides is 2. The van der Waals surface area contributed by atoms with Crippen molar-refractivity contribution in [3.63, 3.8) is 0 Å². The second-order valence-corrected chi connectivity index (χ2v) is 8.66. The van der Waals surface area contributed by atoms with E-state index in [0.717, 1.165) is 40.8 Å². The van der Waals surface area contributed by atoms with Crippen molar-refractivity contribution in [3.8, 4) is 11.1 Å². The van der Waals surface area contributed by atoms with Crippen molar-refractivity contribution >= 4 is 34.4 Å². The van der Waals surface area contributed by atoms with Gasteiger partial charge in [-0.25, -0.2) is 19.7 Å². The lowest BCUT2D eigenvalue weighted by atomic mass is 10.1. The molecular weight excluding hydrogens is 456 g/mol. The zero-order chi connectivity index (χ0) is 25.1. The lowest BCUT2D eigenvalue weighted by molar-refractivity contribution is 0.101. The highest BCUT2D eigenvalue weighted by atomic mass is 16.5. The van der Waals surface area contributed by atoms with Gasteiger partial charge < -0.3 is 19.9 Å². The third kappa shape index (κ3) is 4.81. The molecule has 9 heteroatoms. The molecule has 2 aromatic heterocycles. The first kappa shape index (κ1) is 23.2. The van der Waals surface area contributed by atoms with Crippen LogP contribution < -0.4 is 10.2 Å². The van der Waals surface area contributed by atoms with Crippen molar-refractivity contribution in [2.45, 2.75) is 12.5 Å². The molecular formula is C27H26N6O3. The predicted octanol–water partition coefficient (Wildman–Crippen LogP) is 4.22. The summed E-state index contributed by atoms with van der Waals surface area (Å²) in [6.07, 6.45) is 3.81. The van der Waals surface area contributed by atoms with Crippen LogP contribution in [-0.2, 0) is 4.74 Å². The Hall–Kier alpha value is -4.53. The van der Waals surface area contributed by atoms with Crippen molar-refractivity contribution in [1.29, 1.82) is 0 Å². The Bertz CT molecular complexity index is 1390. The minimum atomic E-state index is -0.378. The molecule has 0 spiro atoms. The third-order valence-corrected chi connectivity index (χ3v) is 6.39. The molecule has 1 aliphatic heterocycles. The first-order chi connectivity index (χ1) is 17.5. The minimum absolute atomic E-state index is 0.0801. The summed E-state index contributed by atoms with van der Waals surface area (Å²) >= 11 is 0. The molecule has 1 N–H and O–H groups in total. The average Bonchev–Trinajstić information content (AvgIpc) is 3.43. The molecule has 9 nitrogen and oxygen atoms in total. The van der Waals surface area contributed by atoms with Gasteiger partial charge in [-0.1, -0.05) is 30.3 Å². The zero-order valence-electron chi connectivity index (χ0n) is 20.1. The Morgan fingerprint density at radius 3 is 2.56 bits per heavy atom. The maximum atomic E-state index is 12.7. The molecule has 182 valence electrons. The molecule has 3 heterocycles. The van der Waals surface area contributed by atoms with Crippen molar-refractivity contribution in [2.75, 3.05) is 37.5 Å². The number of pyridine rings is 1. The van der Waals surface area contributed by atoms with Gasteiger partial charge in [-0.15, -0.1) is 0 Å². The van der Waals surface area contributed by atoms with Gasteiger partial charge in [0.2, 0.25) is 5.82 Å². The molecule has 1 aliphatic rings. The SMILES string of the molecule is COC(=O)N(C)[C@@H]1CCN(c2ccc3cc(NC(=O)c4ncc(-c5ccccc5)cn4)ccc3n2)C1. The quantitative estimate of drug-likeness (QED) is 0.455. The predicted molar refractivity (Wildman–Crippen MR) is 138 cm³/mol. The molecule has 0 radical (unpaired) electrons. The third-order valence-electron chi connectivity index (χ3n) is 6.39. The van der Waals surface area contributed by atoms with Crippen LogP contribution >= 0.6 is 0 Å². The number of carbonyl (C=O) groups excluding carboxylic acids is 2. The maximum absolute atomic E-state index is 12.7. The lowest BCUT2D eigenvalue weighted by Crippen LogP contribution is -2.39. The van der Waals surface area contributed by atoms with Gasteiger partial charge >= 0.3 is 6.09 Å². The van der Waals surface area contributed by atoms with Gasteiger partial charge in [-0.05, 0) is 42.3 Å². The molecule has 2 aromatic carbocycles. The number of aromatic nitrogens is 3. The standard InChI is InChI=1S/C27H26N6O3/c1-32(27(35)36-2)22-12-13-33(17-22)24-11-8-19-14-21(9-10-23(19)31-24)30-26(34)25-28-15-20(16-29-25)18-6-4-3-5-7-18/h3-11,14-16,22H,12-13,17H2,1-2H3,(H,30,34)/t22-/m1/s1. The van der Waals surface area contributed by atoms with E-state index >= 15 is 0 Å². The van der Waals surface area contributed by atoms with Crippen LogP contribution in [0.15, 0.2) is 73.1 Å². The number of benzene rings is 2. The fourth-order valence-electron chi connectivity index (χ4n) is 4.34. The van der Waals surface area contributed by atoms with E-state index < -0.39 is 0 Å². The molecule has 1 fully saturated rings. The number of likely N-dealkylation sites (N-methyl/N-ethyl adjacent to an activating group) is 1. The summed E-state index contributed by atoms with van der Waals surface area (Å²) in [7, 11) is 3.15. The lowest BCUT2D eigenvalue weighted by Gasteiger charge is -2.24. The summed E-state index contributed by atoms with van der Waals surface area (Å²) in [5, 5.41) is 3.76. The number of carbonyl (C=O) groups is 2. The van der Waals surface area contributed by atoms with Gasteiger partial charge in [0.05, 0.1) is 18.7 Å². The Morgan fingerprint density at radius 2 is 1.81 bits per heavy atom. The second kappa shape index (κ2) is 9.99. The van der Waals surface area contributed by atoms with Crippen LogP contribution in [0, 0.1) is 0 Å². The first-order valence-electron chi connectivity index (χ1n) is 11.7. The van der Waals surface area contributed by atoms with Crippen LogP contribution in [0.2, 0.25) is 0 Å². The van der Waals surface area contributed by atoms with E-state index in [2.05, 4.69) is 20.2 Å². The van der Waals surface area contributed by atoms with Gasteiger partial charge in [0, 0.05) is 49.2 Å². The van der Waals surface area contributed by atoms with Crippen molar-refractivity contribution < 1.29 is 14.3 Å². The number of rotatable bonds is 5. The Labute approximate surface area is 208 Å². The fraction of sp³-hybridized carbons (Fsp3) is 0.222. The van der Waals surface area contributed by atoms with Crippen LogP contribution in [-0.4, -0.2) is 65.1 Å². The molecule has 0 bridgehead atoms. The van der Waals surface area contributed by atoms with Gasteiger partial charge in [0.15, 0.2) is 0 Å². The van der Waals surface area contributed by atoms with Crippen LogP contribution in [0.1, 0.15) is 17.0 Å². The molecule has 0 aliphatic carbocycles. The number of nitrogens with one attached hydrogen (secondary N) is 1. The normalized spacial score (nSPS) is 15.1. The van der Waals surface area contributed by atoms with E-state index in [9.17, 15) is 9.59 Å². The molecule has 2 amide bonds. The van der Waals surface area contributed by atoms with Crippen molar-refractivity contribution in [3.05, 3.63) is 78.9 Å². The Morgan fingerprint density at radius 1 is 1.03 bits per heavy atom. The zero-order valence-corrected chi connectivity index (χ0v) is 20.1. The van der Waals surface area contributed by atoms with Crippen molar-refractivity contribution in [1.82, 2.24) is 19.9 Å². The number of anilines is 2. The summed E-state index contributed by atoms with van der Waals surface area (Å²) in [5.74, 6) is 0.576. The van der Waals surface area contributed by atoms with Gasteiger partial charge in [-0.2, -0.15) is 0 Å². The molecule has 4 aromatic rings. The van der Waals surface area contributed by atoms with Gasteiger partial charge in [0.25, 0.3) is 5.91 Å². The summed E-state index contributed by atoms with van der Waals surface area (Å²) in [6.45, 7) is 1.50. The largest absolute Gasteiger partial charge is 0.453 e. The Kier molecular flexibility index (Phi) is 6.44. The van der Waals surface area contributed by atoms with Gasteiger partial charge in [-0.3, -0.25) is 4.79 Å². The number of hydrogen-bond acceptors (Lipinski definition) is 7. The van der Waals surface area contributed by atoms with Crippen LogP contribution in [0.4, 0.5) is 16.3 Å². The number of fused-ring (bicyclic) bond motifs is 1. The van der Waals surface area contributed by atoms with E-state index in [0.29, 0.717) is 12.2 Å². The van der Waals surface area contributed by atoms with Crippen molar-refractivity contribution in [2.24, 2.45) is 0 Å². The average molecular weight is 483 g/mol. The monoisotopic (exact) mass is 482 g/mol. The fourth-order valence-corrected chi connectivity index (χ4v) is 4.34. The molecule has 1 saturated heterocycles. The molecule has 5 rings (SSSR count). The molecule has 0 unspecified atom stereocenters. The molecule has 1 atom stereocenters. The second-order valence-electron chi connectivity index (χ2n) is 8.66. The Balaban J connectivity index is 1.26. The minimum Gasteiger partial charge on any atom is -0.453 e. The topological polar surface area (TPSA) is 101 Å². The van der Waals surface area contributed by atoms with E-state index in [1.807, 2.05) is 60.7 Å². The molecule has 36 heavy (non-hydrogen) atoms. The highest BCUT2D eigenvalue weighted by molar-refractivity contribution is 6.02. The summed E-state index contributed by atoms with van der Waals surface area (Å²) in [6, 6.07) is 19.4. The summed E-state index contributed by atoms with van der Waals surface area (Å²) < 4.78 is 4.83. The highest BCUT2D eigenvalue weighted by Crippen LogP contribution is 2.25. The van der Waals surface area contributed by atoms with Crippen LogP contribution in [0.5, 0.6) is 0 Å². The number of methoxy groups -OCH3 is 1. The van der Waals surface area contributed by atoms with E-state index in [1.165, 1.54) is 7.11 Å². The maximum Gasteiger partial charge on any atom is 0.409 e. The van der Waals surface area contributed by atoms with E-state index in [-0.39, 0.29) is 23.9 Å². The van der Waals surface area contributed by atoms with E-state index in [4.69, 9.17) is 9.72 Å². The summed E-state index contributed by atoms with van der Waals surface area (Å²) in [5.41, 5.74) is 3.30. The molecule has 0 saturated carbocycles.